The van der Waals surface area contributed by atoms with Gasteiger partial charge in [-0.1, -0.05) is 22.0 Å². The summed E-state index contributed by atoms with van der Waals surface area (Å²) in [6.45, 7) is 6.07. The molecular formula is C21H18Br2N2O4. The van der Waals surface area contributed by atoms with E-state index in [0.29, 0.717) is 28.1 Å². The predicted molar refractivity (Wildman–Crippen MR) is 118 cm³/mol. The van der Waals surface area contributed by atoms with Crippen molar-refractivity contribution in [3.05, 3.63) is 61.5 Å². The van der Waals surface area contributed by atoms with Gasteiger partial charge in [0.05, 0.1) is 16.8 Å². The van der Waals surface area contributed by atoms with Crippen molar-refractivity contribution in [1.82, 2.24) is 5.32 Å². The fraction of sp³-hybridized carbons (Fsp3) is 0.190. The van der Waals surface area contributed by atoms with Crippen LogP contribution in [0.2, 0.25) is 0 Å². The van der Waals surface area contributed by atoms with E-state index in [4.69, 9.17) is 4.74 Å². The molecule has 1 N–H and O–H groups in total. The van der Waals surface area contributed by atoms with E-state index in [-0.39, 0.29) is 5.57 Å². The van der Waals surface area contributed by atoms with Gasteiger partial charge in [-0.25, -0.2) is 9.69 Å². The number of nitrogens with zero attached hydrogens (tertiary/aromatic N) is 1. The lowest BCUT2D eigenvalue weighted by Crippen LogP contribution is -2.54. The molecule has 1 aliphatic heterocycles. The summed E-state index contributed by atoms with van der Waals surface area (Å²) in [4.78, 5) is 38.9. The molecule has 1 fully saturated rings. The number of urea groups is 1. The second-order valence-electron chi connectivity index (χ2n) is 6.47. The van der Waals surface area contributed by atoms with Crippen molar-refractivity contribution < 1.29 is 19.1 Å². The minimum absolute atomic E-state index is 0.159. The molecule has 0 spiro atoms. The molecule has 2 aromatic rings. The molecule has 2 aromatic carbocycles. The van der Waals surface area contributed by atoms with Crippen LogP contribution < -0.4 is 15.0 Å². The zero-order valence-electron chi connectivity index (χ0n) is 16.0. The molecule has 3 rings (SSSR count). The van der Waals surface area contributed by atoms with Gasteiger partial charge in [0.15, 0.2) is 0 Å². The molecule has 0 radical (unpaired) electrons. The Morgan fingerprint density at radius 3 is 2.45 bits per heavy atom. The Hall–Kier alpha value is -2.45. The second-order valence-corrected chi connectivity index (χ2v) is 8.24. The first-order valence-corrected chi connectivity index (χ1v) is 10.4. The largest absolute Gasteiger partial charge is 0.492 e. The lowest BCUT2D eigenvalue weighted by atomic mass is 10.0. The van der Waals surface area contributed by atoms with Crippen LogP contribution in [0.25, 0.3) is 6.08 Å². The molecule has 0 aromatic heterocycles. The third-order valence-electron chi connectivity index (χ3n) is 4.48. The highest BCUT2D eigenvalue weighted by Crippen LogP contribution is 2.35. The van der Waals surface area contributed by atoms with Crippen LogP contribution in [0, 0.1) is 13.8 Å². The number of hydrogen-bond donors (Lipinski definition) is 1. The van der Waals surface area contributed by atoms with E-state index in [0.717, 1.165) is 20.5 Å². The highest BCUT2D eigenvalue weighted by molar-refractivity contribution is 9.11. The van der Waals surface area contributed by atoms with E-state index in [1.54, 1.807) is 24.3 Å². The van der Waals surface area contributed by atoms with Crippen LogP contribution in [0.3, 0.4) is 0 Å². The Morgan fingerprint density at radius 1 is 1.07 bits per heavy atom. The van der Waals surface area contributed by atoms with E-state index in [1.807, 2.05) is 26.8 Å². The van der Waals surface area contributed by atoms with Crippen molar-refractivity contribution >= 4 is 61.5 Å². The predicted octanol–water partition coefficient (Wildman–Crippen LogP) is 4.89. The van der Waals surface area contributed by atoms with Gasteiger partial charge in [-0.2, -0.15) is 0 Å². The Bertz CT molecular complexity index is 1060. The molecule has 0 saturated carbocycles. The highest BCUT2D eigenvalue weighted by atomic mass is 79.9. The topological polar surface area (TPSA) is 75.7 Å². The SMILES string of the molecule is CCOc1c(Br)cc(Br)cc1/C=C1\C(=O)NC(=O)N(c2ccc(C)c(C)c2)C1=O. The van der Waals surface area contributed by atoms with Crippen molar-refractivity contribution in [3.8, 4) is 5.75 Å². The number of rotatable bonds is 4. The number of anilines is 1. The minimum atomic E-state index is -0.777. The van der Waals surface area contributed by atoms with Crippen LogP contribution in [-0.4, -0.2) is 24.5 Å². The van der Waals surface area contributed by atoms with Crippen molar-refractivity contribution in [2.24, 2.45) is 0 Å². The Morgan fingerprint density at radius 2 is 1.79 bits per heavy atom. The van der Waals surface area contributed by atoms with E-state index >= 15 is 0 Å². The average Bonchev–Trinajstić information content (AvgIpc) is 2.64. The number of carbonyl (C=O) groups excluding carboxylic acids is 3. The van der Waals surface area contributed by atoms with Gasteiger partial charge >= 0.3 is 6.03 Å². The smallest absolute Gasteiger partial charge is 0.335 e. The minimum Gasteiger partial charge on any atom is -0.492 e. The number of amides is 4. The summed E-state index contributed by atoms with van der Waals surface area (Å²) >= 11 is 6.83. The molecule has 0 unspecified atom stereocenters. The molecule has 1 saturated heterocycles. The number of benzene rings is 2. The number of ether oxygens (including phenoxy) is 1. The lowest BCUT2D eigenvalue weighted by molar-refractivity contribution is -0.122. The van der Waals surface area contributed by atoms with Crippen molar-refractivity contribution in [1.29, 1.82) is 0 Å². The molecule has 4 amide bonds. The fourth-order valence-electron chi connectivity index (χ4n) is 2.90. The summed E-state index contributed by atoms with van der Waals surface area (Å²) in [6.07, 6.45) is 1.43. The van der Waals surface area contributed by atoms with E-state index in [1.165, 1.54) is 6.08 Å². The summed E-state index contributed by atoms with van der Waals surface area (Å²) in [5.41, 5.74) is 2.73. The van der Waals surface area contributed by atoms with Gasteiger partial charge in [0.2, 0.25) is 0 Å². The molecule has 1 heterocycles. The summed E-state index contributed by atoms with van der Waals surface area (Å²) in [5, 5.41) is 2.24. The van der Waals surface area contributed by atoms with Crippen molar-refractivity contribution in [2.45, 2.75) is 20.8 Å². The maximum absolute atomic E-state index is 13.1. The van der Waals surface area contributed by atoms with Crippen molar-refractivity contribution in [3.63, 3.8) is 0 Å². The summed E-state index contributed by atoms with van der Waals surface area (Å²) in [6, 6.07) is 8.00. The number of barbiturate groups is 1. The third kappa shape index (κ3) is 4.28. The number of halogens is 2. The summed E-state index contributed by atoms with van der Waals surface area (Å²) in [5.74, 6) is -0.947. The quantitative estimate of drug-likeness (QED) is 0.459. The maximum atomic E-state index is 13.1. The van der Waals surface area contributed by atoms with Crippen LogP contribution >= 0.6 is 31.9 Å². The van der Waals surface area contributed by atoms with E-state index < -0.39 is 17.8 Å². The van der Waals surface area contributed by atoms with E-state index in [2.05, 4.69) is 37.2 Å². The van der Waals surface area contributed by atoms with Gasteiger partial charge in [0.1, 0.15) is 11.3 Å². The molecule has 0 aliphatic carbocycles. The zero-order valence-corrected chi connectivity index (χ0v) is 19.2. The van der Waals surface area contributed by atoms with Crippen LogP contribution in [-0.2, 0) is 9.59 Å². The van der Waals surface area contributed by atoms with Gasteiger partial charge in [-0.05, 0) is 78.2 Å². The number of imide groups is 2. The molecular weight excluding hydrogens is 504 g/mol. The first-order chi connectivity index (χ1) is 13.7. The Kier molecular flexibility index (Phi) is 6.24. The monoisotopic (exact) mass is 520 g/mol. The molecule has 0 atom stereocenters. The average molecular weight is 522 g/mol. The normalized spacial score (nSPS) is 15.7. The molecule has 1 aliphatic rings. The first kappa shape index (κ1) is 21.3. The molecule has 150 valence electrons. The fourth-order valence-corrected chi connectivity index (χ4v) is 4.27. The zero-order chi connectivity index (χ0) is 21.3. The van der Waals surface area contributed by atoms with Gasteiger partial charge in [-0.15, -0.1) is 0 Å². The van der Waals surface area contributed by atoms with Crippen molar-refractivity contribution in [2.75, 3.05) is 11.5 Å². The highest BCUT2D eigenvalue weighted by Gasteiger charge is 2.37. The number of hydrogen-bond acceptors (Lipinski definition) is 4. The molecule has 8 heteroatoms. The third-order valence-corrected chi connectivity index (χ3v) is 5.52. The van der Waals surface area contributed by atoms with Crippen LogP contribution in [0.1, 0.15) is 23.6 Å². The van der Waals surface area contributed by atoms with Gasteiger partial charge in [-0.3, -0.25) is 14.9 Å². The van der Waals surface area contributed by atoms with Gasteiger partial charge in [0, 0.05) is 10.0 Å². The van der Waals surface area contributed by atoms with Gasteiger partial charge < -0.3 is 4.74 Å². The van der Waals surface area contributed by atoms with Crippen LogP contribution in [0.15, 0.2) is 44.9 Å². The first-order valence-electron chi connectivity index (χ1n) is 8.83. The number of aryl methyl sites for hydroxylation is 2. The van der Waals surface area contributed by atoms with E-state index in [9.17, 15) is 14.4 Å². The molecule has 6 nitrogen and oxygen atoms in total. The number of carbonyl (C=O) groups is 3. The summed E-state index contributed by atoms with van der Waals surface area (Å²) < 4.78 is 7.07. The Labute approximate surface area is 185 Å². The summed E-state index contributed by atoms with van der Waals surface area (Å²) in [7, 11) is 0. The molecule has 29 heavy (non-hydrogen) atoms. The lowest BCUT2D eigenvalue weighted by Gasteiger charge is -2.27. The van der Waals surface area contributed by atoms with Gasteiger partial charge in [0.25, 0.3) is 11.8 Å². The van der Waals surface area contributed by atoms with Crippen LogP contribution in [0.4, 0.5) is 10.5 Å². The number of nitrogens with one attached hydrogen (secondary N) is 1. The maximum Gasteiger partial charge on any atom is 0.335 e. The molecule has 0 bridgehead atoms. The Balaban J connectivity index is 2.10. The van der Waals surface area contributed by atoms with Crippen LogP contribution in [0.5, 0.6) is 5.75 Å². The standard InChI is InChI=1S/C21H18Br2N2O4/c1-4-29-18-13(8-14(22)10-17(18)23)9-16-19(26)24-21(28)25(20(16)27)15-6-5-11(2)12(3)7-15/h5-10H,4H2,1-3H3,(H,24,26,28)/b16-9+. The second kappa shape index (κ2) is 8.51.